The number of benzene rings is 1. The predicted molar refractivity (Wildman–Crippen MR) is 75.2 cm³/mol. The van der Waals surface area contributed by atoms with Crippen LogP contribution in [0.25, 0.3) is 0 Å². The Labute approximate surface area is 118 Å². The van der Waals surface area contributed by atoms with Crippen molar-refractivity contribution in [2.75, 3.05) is 18.9 Å². The molecule has 20 heavy (non-hydrogen) atoms. The molecule has 0 aliphatic heterocycles. The Morgan fingerprint density at radius 3 is 2.65 bits per heavy atom. The lowest BCUT2D eigenvalue weighted by Gasteiger charge is -2.19. The van der Waals surface area contributed by atoms with E-state index in [0.717, 1.165) is 0 Å². The maximum Gasteiger partial charge on any atom is 0.407 e. The number of anilines is 1. The Kier molecular flexibility index (Phi) is 5.61. The van der Waals surface area contributed by atoms with Crippen LogP contribution in [0.3, 0.4) is 0 Å². The molecular formula is C14H21FN2O3. The Bertz CT molecular complexity index is 438. The molecule has 0 spiro atoms. The summed E-state index contributed by atoms with van der Waals surface area (Å²) in [6.07, 6.45) is 0.114. The highest BCUT2D eigenvalue weighted by Gasteiger charge is 2.15. The molecule has 0 unspecified atom stereocenters. The predicted octanol–water partition coefficient (Wildman–Crippen LogP) is 2.70. The lowest BCUT2D eigenvalue weighted by atomic mass is 10.2. The van der Waals surface area contributed by atoms with Gasteiger partial charge in [0.25, 0.3) is 0 Å². The number of alkyl carbamates (subject to hydrolysis) is 1. The van der Waals surface area contributed by atoms with E-state index < -0.39 is 17.5 Å². The van der Waals surface area contributed by atoms with Crippen molar-refractivity contribution < 1.29 is 18.7 Å². The van der Waals surface area contributed by atoms with E-state index in [1.807, 2.05) is 0 Å². The molecule has 1 amide bonds. The van der Waals surface area contributed by atoms with Crippen LogP contribution in [0.4, 0.5) is 14.9 Å². The summed E-state index contributed by atoms with van der Waals surface area (Å²) in [4.78, 5) is 11.3. The molecule has 3 N–H and O–H groups in total. The first-order chi connectivity index (χ1) is 9.26. The Morgan fingerprint density at radius 1 is 1.35 bits per heavy atom. The fraction of sp³-hybridized carbons (Fsp3) is 0.500. The number of rotatable bonds is 5. The highest BCUT2D eigenvalue weighted by molar-refractivity contribution is 5.67. The fourth-order valence-corrected chi connectivity index (χ4v) is 1.43. The quantitative estimate of drug-likeness (QED) is 0.644. The molecule has 0 bridgehead atoms. The van der Waals surface area contributed by atoms with Crippen LogP contribution in [0.5, 0.6) is 5.75 Å². The van der Waals surface area contributed by atoms with Gasteiger partial charge in [0.15, 0.2) is 0 Å². The number of nitrogens with two attached hydrogens (primary N) is 1. The summed E-state index contributed by atoms with van der Waals surface area (Å²) < 4.78 is 23.4. The lowest BCUT2D eigenvalue weighted by molar-refractivity contribution is 0.0525. The van der Waals surface area contributed by atoms with Crippen LogP contribution in [0, 0.1) is 5.82 Å². The number of hydrogen-bond acceptors (Lipinski definition) is 4. The molecule has 0 saturated heterocycles. The number of carbonyl (C=O) groups excluding carboxylic acids is 1. The number of ether oxygens (including phenoxy) is 2. The van der Waals surface area contributed by atoms with Crippen LogP contribution < -0.4 is 15.8 Å². The highest BCUT2D eigenvalue weighted by Crippen LogP contribution is 2.17. The molecule has 0 aliphatic carbocycles. The van der Waals surface area contributed by atoms with Gasteiger partial charge in [-0.05, 0) is 33.3 Å². The minimum absolute atomic E-state index is 0.312. The third kappa shape index (κ3) is 6.82. The summed E-state index contributed by atoms with van der Waals surface area (Å²) in [5, 5.41) is 2.61. The fourth-order valence-electron chi connectivity index (χ4n) is 1.43. The lowest BCUT2D eigenvalue weighted by Crippen LogP contribution is -2.33. The first-order valence-corrected chi connectivity index (χ1v) is 6.42. The zero-order valence-corrected chi connectivity index (χ0v) is 12.0. The minimum Gasteiger partial charge on any atom is -0.493 e. The van der Waals surface area contributed by atoms with Crippen molar-refractivity contribution in [3.05, 3.63) is 24.0 Å². The number of amides is 1. The van der Waals surface area contributed by atoms with Gasteiger partial charge in [0.05, 0.1) is 6.61 Å². The second kappa shape index (κ2) is 6.98. The Morgan fingerprint density at radius 2 is 2.05 bits per heavy atom. The molecular weight excluding hydrogens is 263 g/mol. The SMILES string of the molecule is CC(C)(C)OC(=O)NCCCOc1cc(N)cc(F)c1. The Balaban J connectivity index is 2.20. The highest BCUT2D eigenvalue weighted by atomic mass is 19.1. The monoisotopic (exact) mass is 284 g/mol. The summed E-state index contributed by atoms with van der Waals surface area (Å²) >= 11 is 0. The van der Waals surface area contributed by atoms with E-state index in [0.29, 0.717) is 31.0 Å². The van der Waals surface area contributed by atoms with Gasteiger partial charge in [-0.2, -0.15) is 0 Å². The summed E-state index contributed by atoms with van der Waals surface area (Å²) in [5.74, 6) is -0.0633. The molecule has 6 heteroatoms. The third-order valence-electron chi connectivity index (χ3n) is 2.15. The zero-order valence-electron chi connectivity index (χ0n) is 12.0. The van der Waals surface area contributed by atoms with Gasteiger partial charge in [0.1, 0.15) is 17.2 Å². The van der Waals surface area contributed by atoms with E-state index in [1.165, 1.54) is 12.1 Å². The van der Waals surface area contributed by atoms with E-state index in [-0.39, 0.29) is 0 Å². The molecule has 5 nitrogen and oxygen atoms in total. The van der Waals surface area contributed by atoms with Gasteiger partial charge in [-0.1, -0.05) is 0 Å². The average Bonchev–Trinajstić information content (AvgIpc) is 2.24. The topological polar surface area (TPSA) is 73.6 Å². The number of nitrogen functional groups attached to an aromatic ring is 1. The third-order valence-corrected chi connectivity index (χ3v) is 2.15. The van der Waals surface area contributed by atoms with Crippen molar-refractivity contribution in [1.29, 1.82) is 0 Å². The average molecular weight is 284 g/mol. The normalized spacial score (nSPS) is 11.0. The van der Waals surface area contributed by atoms with Crippen LogP contribution >= 0.6 is 0 Å². The van der Waals surface area contributed by atoms with E-state index in [2.05, 4.69) is 5.32 Å². The molecule has 1 aromatic carbocycles. The van der Waals surface area contributed by atoms with Crippen molar-refractivity contribution in [1.82, 2.24) is 5.32 Å². The van der Waals surface area contributed by atoms with Crippen LogP contribution in [-0.2, 0) is 4.74 Å². The molecule has 0 atom stereocenters. The molecule has 0 saturated carbocycles. The summed E-state index contributed by atoms with van der Waals surface area (Å²) in [7, 11) is 0. The van der Waals surface area contributed by atoms with Crippen molar-refractivity contribution >= 4 is 11.8 Å². The van der Waals surface area contributed by atoms with Crippen molar-refractivity contribution in [3.8, 4) is 5.75 Å². The van der Waals surface area contributed by atoms with Crippen LogP contribution in [0.1, 0.15) is 27.2 Å². The van der Waals surface area contributed by atoms with Gasteiger partial charge in [0.2, 0.25) is 0 Å². The summed E-state index contributed by atoms with van der Waals surface area (Å²) in [6.45, 7) is 6.15. The van der Waals surface area contributed by atoms with Crippen LogP contribution in [-0.4, -0.2) is 24.8 Å². The minimum atomic E-state index is -0.514. The van der Waals surface area contributed by atoms with E-state index >= 15 is 0 Å². The number of hydrogen-bond donors (Lipinski definition) is 2. The molecule has 0 aromatic heterocycles. The first kappa shape index (κ1) is 16.1. The van der Waals surface area contributed by atoms with Gasteiger partial charge < -0.3 is 20.5 Å². The van der Waals surface area contributed by atoms with Gasteiger partial charge >= 0.3 is 6.09 Å². The number of nitrogens with one attached hydrogen (secondary N) is 1. The summed E-state index contributed by atoms with van der Waals surface area (Å²) in [5.41, 5.74) is 5.29. The molecule has 0 fully saturated rings. The van der Waals surface area contributed by atoms with Crippen LogP contribution in [0.15, 0.2) is 18.2 Å². The van der Waals surface area contributed by atoms with E-state index in [1.54, 1.807) is 26.8 Å². The standard InChI is InChI=1S/C14H21FN2O3/c1-14(2,3)20-13(18)17-5-4-6-19-12-8-10(15)7-11(16)9-12/h7-9H,4-6,16H2,1-3H3,(H,17,18). The van der Waals surface area contributed by atoms with E-state index in [4.69, 9.17) is 15.2 Å². The van der Waals surface area contributed by atoms with Crippen molar-refractivity contribution in [2.24, 2.45) is 0 Å². The largest absolute Gasteiger partial charge is 0.493 e. The summed E-state index contributed by atoms with van der Waals surface area (Å²) in [6, 6.07) is 4.03. The van der Waals surface area contributed by atoms with Crippen molar-refractivity contribution in [2.45, 2.75) is 32.8 Å². The number of halogens is 1. The van der Waals surface area contributed by atoms with Crippen molar-refractivity contribution in [3.63, 3.8) is 0 Å². The second-order valence-electron chi connectivity index (χ2n) is 5.35. The molecule has 1 rings (SSSR count). The smallest absolute Gasteiger partial charge is 0.407 e. The molecule has 1 aromatic rings. The van der Waals surface area contributed by atoms with Crippen LogP contribution in [0.2, 0.25) is 0 Å². The van der Waals surface area contributed by atoms with Gasteiger partial charge in [-0.3, -0.25) is 0 Å². The van der Waals surface area contributed by atoms with Gasteiger partial charge in [0, 0.05) is 24.4 Å². The molecule has 0 aliphatic rings. The molecule has 0 radical (unpaired) electrons. The maximum absolute atomic E-state index is 13.0. The second-order valence-corrected chi connectivity index (χ2v) is 5.35. The molecule has 112 valence electrons. The Hall–Kier alpha value is -1.98. The van der Waals surface area contributed by atoms with E-state index in [9.17, 15) is 9.18 Å². The van der Waals surface area contributed by atoms with Gasteiger partial charge in [-0.25, -0.2) is 9.18 Å². The maximum atomic E-state index is 13.0. The zero-order chi connectivity index (χ0) is 15.2. The first-order valence-electron chi connectivity index (χ1n) is 6.42. The molecule has 0 heterocycles. The number of carbonyl (C=O) groups is 1. The van der Waals surface area contributed by atoms with Gasteiger partial charge in [-0.15, -0.1) is 0 Å².